The molecule has 0 aromatic carbocycles. The van der Waals surface area contributed by atoms with Gasteiger partial charge in [-0.2, -0.15) is 0 Å². The molecule has 2 saturated carbocycles. The minimum absolute atomic E-state index is 0.0922. The van der Waals surface area contributed by atoms with Crippen molar-refractivity contribution < 1.29 is 14.7 Å². The second kappa shape index (κ2) is 7.51. The highest BCUT2D eigenvalue weighted by atomic mass is 16.4. The Kier molecular flexibility index (Phi) is 5.55. The van der Waals surface area contributed by atoms with Crippen molar-refractivity contribution in [1.29, 1.82) is 0 Å². The van der Waals surface area contributed by atoms with Crippen LogP contribution in [0.25, 0.3) is 0 Å². The van der Waals surface area contributed by atoms with E-state index in [0.29, 0.717) is 5.92 Å². The SMILES string of the molecule is CCC1CCC2C(C1)C(CC(=O)O)=C(C)N2C(=O)C1CCC(C)CC1. The van der Waals surface area contributed by atoms with Crippen LogP contribution >= 0.6 is 0 Å². The number of rotatable bonds is 4. The molecule has 1 heterocycles. The van der Waals surface area contributed by atoms with E-state index >= 15 is 0 Å². The standard InChI is InChI=1S/C21H33NO3/c1-4-15-7-10-19-18(11-15)17(12-20(23)24)14(3)22(19)21(25)16-8-5-13(2)6-9-16/h13,15-16,18-19H,4-12H2,1-3H3,(H,23,24). The molecule has 3 unspecified atom stereocenters. The van der Waals surface area contributed by atoms with Crippen molar-refractivity contribution in [3.8, 4) is 0 Å². The summed E-state index contributed by atoms with van der Waals surface area (Å²) in [6, 6.07) is 0.212. The van der Waals surface area contributed by atoms with E-state index in [4.69, 9.17) is 0 Å². The summed E-state index contributed by atoms with van der Waals surface area (Å²) in [5, 5.41) is 9.37. The van der Waals surface area contributed by atoms with Crippen molar-refractivity contribution in [3.63, 3.8) is 0 Å². The van der Waals surface area contributed by atoms with E-state index in [1.165, 1.54) is 0 Å². The Labute approximate surface area is 151 Å². The summed E-state index contributed by atoms with van der Waals surface area (Å²) < 4.78 is 0. The van der Waals surface area contributed by atoms with Crippen LogP contribution in [0.1, 0.15) is 78.6 Å². The molecule has 4 nitrogen and oxygen atoms in total. The number of allylic oxidation sites excluding steroid dienone is 1. The Morgan fingerprint density at radius 1 is 1.12 bits per heavy atom. The van der Waals surface area contributed by atoms with Gasteiger partial charge in [-0.25, -0.2) is 0 Å². The van der Waals surface area contributed by atoms with Gasteiger partial charge in [-0.3, -0.25) is 9.59 Å². The minimum Gasteiger partial charge on any atom is -0.481 e. The lowest BCUT2D eigenvalue weighted by atomic mass is 9.74. The van der Waals surface area contributed by atoms with E-state index < -0.39 is 5.97 Å². The molecule has 140 valence electrons. The van der Waals surface area contributed by atoms with Crippen molar-refractivity contribution >= 4 is 11.9 Å². The number of carbonyl (C=O) groups is 2. The van der Waals surface area contributed by atoms with Gasteiger partial charge >= 0.3 is 5.97 Å². The van der Waals surface area contributed by atoms with Crippen LogP contribution in [0.5, 0.6) is 0 Å². The van der Waals surface area contributed by atoms with Gasteiger partial charge in [-0.05, 0) is 69.3 Å². The molecule has 1 aliphatic heterocycles. The smallest absolute Gasteiger partial charge is 0.307 e. The normalized spacial score (nSPS) is 35.6. The lowest BCUT2D eigenvalue weighted by Crippen LogP contribution is -2.44. The van der Waals surface area contributed by atoms with E-state index in [9.17, 15) is 14.7 Å². The van der Waals surface area contributed by atoms with Gasteiger partial charge in [-0.1, -0.05) is 20.3 Å². The number of carboxylic acid groups (broad SMARTS) is 1. The highest BCUT2D eigenvalue weighted by molar-refractivity contribution is 5.82. The van der Waals surface area contributed by atoms with Gasteiger partial charge in [0, 0.05) is 23.6 Å². The second-order valence-corrected chi connectivity index (χ2v) is 8.61. The Morgan fingerprint density at radius 2 is 1.80 bits per heavy atom. The fraction of sp³-hybridized carbons (Fsp3) is 0.810. The molecule has 0 radical (unpaired) electrons. The van der Waals surface area contributed by atoms with Crippen molar-refractivity contribution in [2.75, 3.05) is 0 Å². The van der Waals surface area contributed by atoms with Crippen molar-refractivity contribution in [3.05, 3.63) is 11.3 Å². The van der Waals surface area contributed by atoms with Crippen LogP contribution < -0.4 is 0 Å². The topological polar surface area (TPSA) is 57.6 Å². The summed E-state index contributed by atoms with van der Waals surface area (Å²) in [6.07, 6.45) is 8.75. The maximum atomic E-state index is 13.3. The fourth-order valence-electron chi connectivity index (χ4n) is 5.42. The zero-order valence-corrected chi connectivity index (χ0v) is 16.0. The highest BCUT2D eigenvalue weighted by Gasteiger charge is 2.46. The molecular weight excluding hydrogens is 314 g/mol. The van der Waals surface area contributed by atoms with Crippen LogP contribution in [-0.4, -0.2) is 27.9 Å². The molecule has 2 aliphatic carbocycles. The number of carbonyl (C=O) groups excluding carboxylic acids is 1. The van der Waals surface area contributed by atoms with Gasteiger partial charge < -0.3 is 10.0 Å². The van der Waals surface area contributed by atoms with Crippen molar-refractivity contribution in [2.45, 2.75) is 84.6 Å². The predicted molar refractivity (Wildman–Crippen MR) is 97.8 cm³/mol. The van der Waals surface area contributed by atoms with Crippen LogP contribution in [0, 0.1) is 23.7 Å². The first kappa shape index (κ1) is 18.5. The maximum absolute atomic E-state index is 13.3. The van der Waals surface area contributed by atoms with E-state index in [1.54, 1.807) is 0 Å². The third-order valence-corrected chi connectivity index (χ3v) is 7.05. The minimum atomic E-state index is -0.771. The average molecular weight is 347 g/mol. The summed E-state index contributed by atoms with van der Waals surface area (Å²) in [4.78, 5) is 26.7. The third kappa shape index (κ3) is 3.63. The maximum Gasteiger partial charge on any atom is 0.307 e. The van der Waals surface area contributed by atoms with E-state index in [2.05, 4.69) is 13.8 Å². The summed E-state index contributed by atoms with van der Waals surface area (Å²) in [7, 11) is 0. The summed E-state index contributed by atoms with van der Waals surface area (Å²) >= 11 is 0. The molecule has 3 atom stereocenters. The molecule has 0 aromatic heterocycles. The summed E-state index contributed by atoms with van der Waals surface area (Å²) in [5.74, 6) is 1.31. The molecule has 25 heavy (non-hydrogen) atoms. The number of hydrogen-bond acceptors (Lipinski definition) is 2. The highest BCUT2D eigenvalue weighted by Crippen LogP contribution is 2.47. The zero-order chi connectivity index (χ0) is 18.1. The van der Waals surface area contributed by atoms with Crippen LogP contribution in [0.2, 0.25) is 0 Å². The molecule has 0 saturated heterocycles. The van der Waals surface area contributed by atoms with Crippen LogP contribution in [0.3, 0.4) is 0 Å². The molecule has 3 aliphatic rings. The number of nitrogens with zero attached hydrogens (tertiary/aromatic N) is 1. The number of aliphatic carboxylic acids is 1. The molecule has 0 bridgehead atoms. The fourth-order valence-corrected chi connectivity index (χ4v) is 5.42. The molecule has 1 N–H and O–H groups in total. The quantitative estimate of drug-likeness (QED) is 0.808. The molecule has 2 fully saturated rings. The van der Waals surface area contributed by atoms with Gasteiger partial charge in [0.25, 0.3) is 0 Å². The van der Waals surface area contributed by atoms with Gasteiger partial charge in [0.15, 0.2) is 0 Å². The van der Waals surface area contributed by atoms with E-state index in [1.807, 2.05) is 11.8 Å². The van der Waals surface area contributed by atoms with Gasteiger partial charge in [0.2, 0.25) is 5.91 Å². The monoisotopic (exact) mass is 347 g/mol. The number of fused-ring (bicyclic) bond motifs is 1. The second-order valence-electron chi connectivity index (χ2n) is 8.61. The van der Waals surface area contributed by atoms with Gasteiger partial charge in [0.05, 0.1) is 6.42 Å². The zero-order valence-electron chi connectivity index (χ0n) is 16.0. The molecule has 1 amide bonds. The van der Waals surface area contributed by atoms with Crippen LogP contribution in [-0.2, 0) is 9.59 Å². The number of hydrogen-bond donors (Lipinski definition) is 1. The van der Waals surface area contributed by atoms with E-state index in [-0.39, 0.29) is 30.2 Å². The average Bonchev–Trinajstić information content (AvgIpc) is 2.86. The van der Waals surface area contributed by atoms with Crippen LogP contribution in [0.15, 0.2) is 11.3 Å². The Hall–Kier alpha value is -1.32. The lowest BCUT2D eigenvalue weighted by Gasteiger charge is -2.39. The Balaban J connectivity index is 1.83. The Bertz CT molecular complexity index is 559. The first-order chi connectivity index (χ1) is 11.9. The molecule has 4 heteroatoms. The van der Waals surface area contributed by atoms with E-state index in [0.717, 1.165) is 68.6 Å². The molecule has 3 rings (SSSR count). The Morgan fingerprint density at radius 3 is 2.40 bits per heavy atom. The predicted octanol–water partition coefficient (Wildman–Crippen LogP) is 4.60. The number of amides is 1. The largest absolute Gasteiger partial charge is 0.481 e. The summed E-state index contributed by atoms with van der Waals surface area (Å²) in [6.45, 7) is 6.48. The molecule has 0 aromatic rings. The third-order valence-electron chi connectivity index (χ3n) is 7.05. The molecule has 0 spiro atoms. The van der Waals surface area contributed by atoms with Gasteiger partial charge in [0.1, 0.15) is 0 Å². The summed E-state index contributed by atoms with van der Waals surface area (Å²) in [5.41, 5.74) is 1.98. The van der Waals surface area contributed by atoms with Crippen molar-refractivity contribution in [1.82, 2.24) is 4.90 Å². The lowest BCUT2D eigenvalue weighted by molar-refractivity contribution is -0.137. The number of carboxylic acids is 1. The van der Waals surface area contributed by atoms with Crippen molar-refractivity contribution in [2.24, 2.45) is 23.7 Å². The van der Waals surface area contributed by atoms with Crippen LogP contribution in [0.4, 0.5) is 0 Å². The van der Waals surface area contributed by atoms with Gasteiger partial charge in [-0.15, -0.1) is 0 Å². The first-order valence-corrected chi connectivity index (χ1v) is 10.2. The first-order valence-electron chi connectivity index (χ1n) is 10.2. The molecular formula is C21H33NO3.